The first kappa shape index (κ1) is 15.8. The average Bonchev–Trinajstić information content (AvgIpc) is 2.26. The number of carbonyl (C=O) groups excluding carboxylic acids is 1. The van der Waals surface area contributed by atoms with E-state index in [4.69, 9.17) is 9.47 Å². The first-order valence-corrected chi connectivity index (χ1v) is 6.53. The molecule has 1 atom stereocenters. The van der Waals surface area contributed by atoms with E-state index in [1.54, 1.807) is 14.0 Å². The smallest absolute Gasteiger partial charge is 0.318 e. The Hall–Kier alpha value is -0.220. The lowest BCUT2D eigenvalue weighted by Gasteiger charge is -2.06. The van der Waals surface area contributed by atoms with E-state index in [1.165, 1.54) is 19.3 Å². The van der Waals surface area contributed by atoms with Gasteiger partial charge in [-0.25, -0.2) is 0 Å². The summed E-state index contributed by atoms with van der Waals surface area (Å²) in [6, 6.07) is 0. The molecule has 0 bridgehead atoms. The number of hydrogen-bond donors (Lipinski definition) is 1. The minimum Gasteiger partial charge on any atom is -0.465 e. The van der Waals surface area contributed by atoms with Crippen LogP contribution in [0.4, 0.5) is 0 Å². The van der Waals surface area contributed by atoms with E-state index in [-0.39, 0.29) is 11.2 Å². The molecule has 0 heterocycles. The number of unbranched alkanes of at least 4 members (excludes halogenated alkanes) is 5. The number of esters is 1. The Kier molecular flexibility index (Phi) is 11.1. The van der Waals surface area contributed by atoms with Gasteiger partial charge in [0.1, 0.15) is 0 Å². The molecule has 0 aromatic heterocycles. The Balaban J connectivity index is 3.07. The molecule has 0 aliphatic heterocycles. The van der Waals surface area contributed by atoms with Gasteiger partial charge in [0, 0.05) is 13.7 Å². The molecule has 0 aromatic carbocycles. The second-order valence-corrected chi connectivity index (χ2v) is 4.73. The highest BCUT2D eigenvalue weighted by Gasteiger charge is 2.07. The molecule has 0 aliphatic rings. The van der Waals surface area contributed by atoms with Crippen molar-refractivity contribution in [2.75, 3.05) is 20.3 Å². The second-order valence-electron chi connectivity index (χ2n) is 3.96. The molecule has 1 unspecified atom stereocenters. The summed E-state index contributed by atoms with van der Waals surface area (Å²) in [6.45, 7) is 3.11. The normalized spacial score (nSPS) is 12.4. The van der Waals surface area contributed by atoms with Crippen molar-refractivity contribution in [3.05, 3.63) is 0 Å². The summed E-state index contributed by atoms with van der Waals surface area (Å²) < 4.78 is 9.98. The SMILES string of the molecule is COCCCCCCCCOC(=O)C(C)S. The minimum atomic E-state index is -0.311. The summed E-state index contributed by atoms with van der Waals surface area (Å²) >= 11 is 4.00. The van der Waals surface area contributed by atoms with E-state index >= 15 is 0 Å². The molecule has 96 valence electrons. The van der Waals surface area contributed by atoms with Crippen molar-refractivity contribution >= 4 is 18.6 Å². The van der Waals surface area contributed by atoms with Gasteiger partial charge in [-0.15, -0.1) is 0 Å². The fraction of sp³-hybridized carbons (Fsp3) is 0.917. The van der Waals surface area contributed by atoms with Crippen LogP contribution in [0.3, 0.4) is 0 Å². The molecule has 16 heavy (non-hydrogen) atoms. The van der Waals surface area contributed by atoms with Crippen molar-refractivity contribution in [3.63, 3.8) is 0 Å². The standard InChI is InChI=1S/C12H24O3S/c1-11(16)12(13)15-10-8-6-4-3-5-7-9-14-2/h11,16H,3-10H2,1-2H3. The van der Waals surface area contributed by atoms with Crippen molar-refractivity contribution in [1.29, 1.82) is 0 Å². The summed E-state index contributed by atoms with van der Waals surface area (Å²) in [5, 5.41) is -0.311. The summed E-state index contributed by atoms with van der Waals surface area (Å²) in [7, 11) is 1.73. The quantitative estimate of drug-likeness (QED) is 0.367. The predicted molar refractivity (Wildman–Crippen MR) is 69.0 cm³/mol. The Bertz CT molecular complexity index is 172. The third-order valence-electron chi connectivity index (χ3n) is 2.33. The van der Waals surface area contributed by atoms with Crippen LogP contribution in [0.15, 0.2) is 0 Å². The van der Waals surface area contributed by atoms with Gasteiger partial charge in [0.2, 0.25) is 0 Å². The van der Waals surface area contributed by atoms with Crippen LogP contribution < -0.4 is 0 Å². The van der Waals surface area contributed by atoms with Gasteiger partial charge in [-0.1, -0.05) is 25.7 Å². The van der Waals surface area contributed by atoms with Crippen LogP contribution in [-0.4, -0.2) is 31.5 Å². The van der Waals surface area contributed by atoms with E-state index in [0.29, 0.717) is 6.61 Å². The maximum atomic E-state index is 11.0. The predicted octanol–water partition coefficient (Wildman–Crippen LogP) is 2.83. The Labute approximate surface area is 104 Å². The van der Waals surface area contributed by atoms with Crippen molar-refractivity contribution in [3.8, 4) is 0 Å². The molecule has 0 amide bonds. The van der Waals surface area contributed by atoms with Crippen LogP contribution in [0.1, 0.15) is 45.4 Å². The van der Waals surface area contributed by atoms with Crippen LogP contribution in [0.5, 0.6) is 0 Å². The van der Waals surface area contributed by atoms with E-state index in [2.05, 4.69) is 12.6 Å². The lowest BCUT2D eigenvalue weighted by Crippen LogP contribution is -2.15. The fourth-order valence-electron chi connectivity index (χ4n) is 1.35. The van der Waals surface area contributed by atoms with E-state index in [0.717, 1.165) is 25.9 Å². The van der Waals surface area contributed by atoms with E-state index in [1.807, 2.05) is 0 Å². The largest absolute Gasteiger partial charge is 0.465 e. The lowest BCUT2D eigenvalue weighted by atomic mass is 10.1. The van der Waals surface area contributed by atoms with Gasteiger partial charge in [0.15, 0.2) is 0 Å². The summed E-state index contributed by atoms with van der Waals surface area (Å²) in [4.78, 5) is 11.0. The molecule has 0 aliphatic carbocycles. The number of hydrogen-bond acceptors (Lipinski definition) is 4. The highest BCUT2D eigenvalue weighted by Crippen LogP contribution is 2.06. The number of rotatable bonds is 10. The highest BCUT2D eigenvalue weighted by atomic mass is 32.1. The molecule has 3 nitrogen and oxygen atoms in total. The Morgan fingerprint density at radius 1 is 1.06 bits per heavy atom. The number of thiol groups is 1. The van der Waals surface area contributed by atoms with Gasteiger partial charge in [-0.05, 0) is 19.8 Å². The molecular formula is C12H24O3S. The fourth-order valence-corrected chi connectivity index (χ4v) is 1.42. The summed E-state index contributed by atoms with van der Waals surface area (Å²) in [5.41, 5.74) is 0. The van der Waals surface area contributed by atoms with Crippen LogP contribution in [0.25, 0.3) is 0 Å². The van der Waals surface area contributed by atoms with Gasteiger partial charge >= 0.3 is 5.97 Å². The highest BCUT2D eigenvalue weighted by molar-refractivity contribution is 7.81. The monoisotopic (exact) mass is 248 g/mol. The van der Waals surface area contributed by atoms with Gasteiger partial charge in [-0.3, -0.25) is 4.79 Å². The molecule has 0 rings (SSSR count). The van der Waals surface area contributed by atoms with Crippen LogP contribution in [0, 0.1) is 0 Å². The van der Waals surface area contributed by atoms with Crippen LogP contribution in [-0.2, 0) is 14.3 Å². The Morgan fingerprint density at radius 2 is 1.56 bits per heavy atom. The molecule has 0 fully saturated rings. The Morgan fingerprint density at radius 3 is 2.06 bits per heavy atom. The zero-order valence-corrected chi connectivity index (χ0v) is 11.3. The number of methoxy groups -OCH3 is 1. The van der Waals surface area contributed by atoms with Crippen molar-refractivity contribution in [2.24, 2.45) is 0 Å². The maximum absolute atomic E-state index is 11.0. The van der Waals surface area contributed by atoms with Crippen molar-refractivity contribution < 1.29 is 14.3 Å². The third kappa shape index (κ3) is 10.3. The van der Waals surface area contributed by atoms with Crippen LogP contribution >= 0.6 is 12.6 Å². The molecular weight excluding hydrogens is 224 g/mol. The zero-order valence-electron chi connectivity index (χ0n) is 10.4. The first-order chi connectivity index (χ1) is 7.68. The van der Waals surface area contributed by atoms with E-state index < -0.39 is 0 Å². The van der Waals surface area contributed by atoms with Gasteiger partial charge in [0.25, 0.3) is 0 Å². The average molecular weight is 248 g/mol. The molecule has 0 N–H and O–H groups in total. The zero-order chi connectivity index (χ0) is 12.2. The minimum absolute atomic E-state index is 0.219. The van der Waals surface area contributed by atoms with Crippen molar-refractivity contribution in [2.45, 2.75) is 50.7 Å². The van der Waals surface area contributed by atoms with Gasteiger partial charge in [-0.2, -0.15) is 12.6 Å². The third-order valence-corrected chi connectivity index (χ3v) is 2.54. The number of ether oxygens (including phenoxy) is 2. The van der Waals surface area contributed by atoms with Gasteiger partial charge in [0.05, 0.1) is 11.9 Å². The summed E-state index contributed by atoms with van der Waals surface area (Å²) in [5.74, 6) is -0.219. The molecule has 0 radical (unpaired) electrons. The maximum Gasteiger partial charge on any atom is 0.318 e. The summed E-state index contributed by atoms with van der Waals surface area (Å²) in [6.07, 6.45) is 6.89. The topological polar surface area (TPSA) is 35.5 Å². The first-order valence-electron chi connectivity index (χ1n) is 6.02. The molecule has 0 spiro atoms. The van der Waals surface area contributed by atoms with Crippen LogP contribution in [0.2, 0.25) is 0 Å². The van der Waals surface area contributed by atoms with Gasteiger partial charge < -0.3 is 9.47 Å². The molecule has 0 saturated carbocycles. The second kappa shape index (κ2) is 11.3. The number of carbonyl (C=O) groups is 1. The molecule has 0 aromatic rings. The van der Waals surface area contributed by atoms with E-state index in [9.17, 15) is 4.79 Å². The van der Waals surface area contributed by atoms with Crippen molar-refractivity contribution in [1.82, 2.24) is 0 Å². The lowest BCUT2D eigenvalue weighted by molar-refractivity contribution is -0.142. The molecule has 4 heteroatoms. The molecule has 0 saturated heterocycles.